The van der Waals surface area contributed by atoms with E-state index in [1.165, 1.54) is 32.1 Å². The van der Waals surface area contributed by atoms with Gasteiger partial charge in [0, 0.05) is 18.1 Å². The van der Waals surface area contributed by atoms with Crippen molar-refractivity contribution in [2.75, 3.05) is 0 Å². The van der Waals surface area contributed by atoms with Gasteiger partial charge >= 0.3 is 5.97 Å². The molecule has 3 heteroatoms. The zero-order valence-corrected chi connectivity index (χ0v) is 10.6. The van der Waals surface area contributed by atoms with E-state index in [1.54, 1.807) is 0 Å². The Labute approximate surface area is 103 Å². The van der Waals surface area contributed by atoms with Crippen LogP contribution >= 0.6 is 0 Å². The lowest BCUT2D eigenvalue weighted by Crippen LogP contribution is -2.42. The second kappa shape index (κ2) is 4.27. The smallest absolute Gasteiger partial charge is 0.308 e. The van der Waals surface area contributed by atoms with E-state index in [-0.39, 0.29) is 5.92 Å². The second-order valence-corrected chi connectivity index (χ2v) is 6.09. The van der Waals surface area contributed by atoms with E-state index in [0.717, 1.165) is 18.8 Å². The molecule has 3 rings (SSSR count). The standard InChI is InChI=1S/C14H23NO2/c1-2-9-4-3-5-12(9)15-10-6-7-13(15)11(8-10)14(16)17/h9-13H,2-8H2,1H3,(H,16,17). The van der Waals surface area contributed by atoms with Gasteiger partial charge in [-0.3, -0.25) is 9.69 Å². The first-order valence-corrected chi connectivity index (χ1v) is 7.22. The number of hydrogen-bond donors (Lipinski definition) is 1. The molecule has 3 nitrogen and oxygen atoms in total. The molecule has 0 radical (unpaired) electrons. The van der Waals surface area contributed by atoms with Gasteiger partial charge in [-0.2, -0.15) is 0 Å². The maximum absolute atomic E-state index is 11.3. The number of carbonyl (C=O) groups is 1. The molecule has 2 aliphatic heterocycles. The summed E-state index contributed by atoms with van der Waals surface area (Å²) in [6, 6.07) is 1.63. The van der Waals surface area contributed by atoms with Gasteiger partial charge in [-0.15, -0.1) is 0 Å². The van der Waals surface area contributed by atoms with Gasteiger partial charge in [-0.25, -0.2) is 0 Å². The number of nitrogens with zero attached hydrogens (tertiary/aromatic N) is 1. The van der Waals surface area contributed by atoms with Gasteiger partial charge in [0.1, 0.15) is 0 Å². The van der Waals surface area contributed by atoms with E-state index in [9.17, 15) is 9.90 Å². The van der Waals surface area contributed by atoms with E-state index in [1.807, 2.05) is 0 Å². The first-order chi connectivity index (χ1) is 8.22. The number of aliphatic carboxylic acids is 1. The lowest BCUT2D eigenvalue weighted by atomic mass is 9.89. The molecule has 0 aromatic carbocycles. The van der Waals surface area contributed by atoms with Gasteiger partial charge in [0.05, 0.1) is 5.92 Å². The molecule has 2 saturated heterocycles. The minimum Gasteiger partial charge on any atom is -0.481 e. The Morgan fingerprint density at radius 1 is 1.24 bits per heavy atom. The Balaban J connectivity index is 1.78. The molecule has 3 fully saturated rings. The summed E-state index contributed by atoms with van der Waals surface area (Å²) in [4.78, 5) is 13.9. The van der Waals surface area contributed by atoms with Crippen molar-refractivity contribution in [2.45, 2.75) is 70.0 Å². The first-order valence-electron chi connectivity index (χ1n) is 7.22. The molecule has 0 spiro atoms. The van der Waals surface area contributed by atoms with Crippen LogP contribution in [-0.2, 0) is 4.79 Å². The van der Waals surface area contributed by atoms with Gasteiger partial charge < -0.3 is 5.11 Å². The molecular weight excluding hydrogens is 214 g/mol. The summed E-state index contributed by atoms with van der Waals surface area (Å²) in [5.41, 5.74) is 0. The van der Waals surface area contributed by atoms with E-state index < -0.39 is 5.97 Å². The average Bonchev–Trinajstić information content (AvgIpc) is 3.00. The number of carboxylic acid groups (broad SMARTS) is 1. The van der Waals surface area contributed by atoms with Crippen molar-refractivity contribution in [1.82, 2.24) is 4.90 Å². The predicted molar refractivity (Wildman–Crippen MR) is 65.8 cm³/mol. The van der Waals surface area contributed by atoms with Crippen LogP contribution in [0.25, 0.3) is 0 Å². The molecule has 0 aromatic heterocycles. The summed E-state index contributed by atoms with van der Waals surface area (Å²) in [5.74, 6) is 0.186. The van der Waals surface area contributed by atoms with Crippen molar-refractivity contribution in [3.63, 3.8) is 0 Å². The lowest BCUT2D eigenvalue weighted by molar-refractivity contribution is -0.142. The van der Waals surface area contributed by atoms with Gasteiger partial charge in [0.15, 0.2) is 0 Å². The molecule has 2 bridgehead atoms. The van der Waals surface area contributed by atoms with Crippen LogP contribution in [0, 0.1) is 11.8 Å². The van der Waals surface area contributed by atoms with Crippen LogP contribution in [0.3, 0.4) is 0 Å². The summed E-state index contributed by atoms with van der Waals surface area (Å²) < 4.78 is 0. The van der Waals surface area contributed by atoms with E-state index in [2.05, 4.69) is 11.8 Å². The van der Waals surface area contributed by atoms with Gasteiger partial charge in [0.2, 0.25) is 0 Å². The Morgan fingerprint density at radius 3 is 2.71 bits per heavy atom. The fourth-order valence-corrected chi connectivity index (χ4v) is 4.70. The third-order valence-electron chi connectivity index (χ3n) is 5.43. The lowest BCUT2D eigenvalue weighted by Gasteiger charge is -2.33. The molecule has 3 aliphatic rings. The van der Waals surface area contributed by atoms with Gasteiger partial charge in [-0.05, 0) is 38.0 Å². The molecule has 5 unspecified atom stereocenters. The van der Waals surface area contributed by atoms with Crippen LogP contribution in [-0.4, -0.2) is 34.1 Å². The fourth-order valence-electron chi connectivity index (χ4n) is 4.70. The highest BCUT2D eigenvalue weighted by Gasteiger charge is 2.52. The first kappa shape index (κ1) is 11.5. The number of carboxylic acids is 1. The van der Waals surface area contributed by atoms with Gasteiger partial charge in [-0.1, -0.05) is 19.8 Å². The highest BCUT2D eigenvalue weighted by Crippen LogP contribution is 2.47. The van der Waals surface area contributed by atoms with Crippen LogP contribution in [0.5, 0.6) is 0 Å². The van der Waals surface area contributed by atoms with Crippen LogP contribution in [0.4, 0.5) is 0 Å². The zero-order chi connectivity index (χ0) is 12.0. The molecule has 96 valence electrons. The molecule has 1 N–H and O–H groups in total. The fraction of sp³-hybridized carbons (Fsp3) is 0.929. The minimum absolute atomic E-state index is 0.0770. The second-order valence-electron chi connectivity index (χ2n) is 6.09. The topological polar surface area (TPSA) is 40.5 Å². The highest BCUT2D eigenvalue weighted by molar-refractivity contribution is 5.71. The van der Waals surface area contributed by atoms with Crippen molar-refractivity contribution in [2.24, 2.45) is 11.8 Å². The molecule has 2 heterocycles. The van der Waals surface area contributed by atoms with E-state index in [4.69, 9.17) is 0 Å². The minimum atomic E-state index is -0.562. The summed E-state index contributed by atoms with van der Waals surface area (Å²) >= 11 is 0. The van der Waals surface area contributed by atoms with Crippen molar-refractivity contribution < 1.29 is 9.90 Å². The Bertz CT molecular complexity index is 317. The molecule has 1 aliphatic carbocycles. The van der Waals surface area contributed by atoms with Crippen molar-refractivity contribution in [3.8, 4) is 0 Å². The summed E-state index contributed by atoms with van der Waals surface area (Å²) in [7, 11) is 0. The number of hydrogen-bond acceptors (Lipinski definition) is 2. The normalized spacial score (nSPS) is 45.6. The van der Waals surface area contributed by atoms with Crippen molar-refractivity contribution in [1.29, 1.82) is 0 Å². The van der Waals surface area contributed by atoms with E-state index >= 15 is 0 Å². The summed E-state index contributed by atoms with van der Waals surface area (Å²) in [6.45, 7) is 2.29. The van der Waals surface area contributed by atoms with Crippen LogP contribution in [0.15, 0.2) is 0 Å². The molecular formula is C14H23NO2. The maximum atomic E-state index is 11.3. The monoisotopic (exact) mass is 237 g/mol. The molecule has 5 atom stereocenters. The van der Waals surface area contributed by atoms with Crippen LogP contribution in [0.2, 0.25) is 0 Å². The summed E-state index contributed by atoms with van der Waals surface area (Å²) in [6.07, 6.45) is 8.53. The predicted octanol–water partition coefficient (Wildman–Crippen LogP) is 2.50. The highest BCUT2D eigenvalue weighted by atomic mass is 16.4. The van der Waals surface area contributed by atoms with Crippen molar-refractivity contribution in [3.05, 3.63) is 0 Å². The molecule has 1 saturated carbocycles. The third kappa shape index (κ3) is 1.70. The van der Waals surface area contributed by atoms with Gasteiger partial charge in [0.25, 0.3) is 0 Å². The summed E-state index contributed by atoms with van der Waals surface area (Å²) in [5, 5.41) is 9.29. The number of rotatable bonds is 3. The third-order valence-corrected chi connectivity index (χ3v) is 5.43. The molecule has 0 aromatic rings. The Hall–Kier alpha value is -0.570. The van der Waals surface area contributed by atoms with Crippen molar-refractivity contribution >= 4 is 5.97 Å². The van der Waals surface area contributed by atoms with E-state index in [0.29, 0.717) is 18.1 Å². The van der Waals surface area contributed by atoms with Crippen LogP contribution in [0.1, 0.15) is 51.9 Å². The SMILES string of the molecule is CCC1CCCC1N1C2CCC1C(C(=O)O)C2. The van der Waals surface area contributed by atoms with Crippen LogP contribution < -0.4 is 0 Å². The Kier molecular flexibility index (Phi) is 2.89. The Morgan fingerprint density at radius 2 is 2.06 bits per heavy atom. The largest absolute Gasteiger partial charge is 0.481 e. The molecule has 0 amide bonds. The quantitative estimate of drug-likeness (QED) is 0.820. The number of fused-ring (bicyclic) bond motifs is 2. The average molecular weight is 237 g/mol. The maximum Gasteiger partial charge on any atom is 0.308 e. The zero-order valence-electron chi connectivity index (χ0n) is 10.6. The molecule has 17 heavy (non-hydrogen) atoms.